The van der Waals surface area contributed by atoms with Gasteiger partial charge in [-0.05, 0) is 18.9 Å². The van der Waals surface area contributed by atoms with Gasteiger partial charge in [-0.2, -0.15) is 0 Å². The molecule has 2 heterocycles. The number of rotatable bonds is 1. The monoisotopic (exact) mass is 296 g/mol. The Morgan fingerprint density at radius 1 is 1.26 bits per heavy atom. The molecule has 0 atom stereocenters. The number of fused-ring (bicyclic) bond motifs is 1. The number of hydrogen-bond acceptors (Lipinski definition) is 3. The van der Waals surface area contributed by atoms with Gasteiger partial charge in [-0.25, -0.2) is 0 Å². The van der Waals surface area contributed by atoms with Crippen LogP contribution in [0.25, 0.3) is 10.1 Å². The minimum atomic E-state index is 0. The van der Waals surface area contributed by atoms with E-state index < -0.39 is 0 Å². The summed E-state index contributed by atoms with van der Waals surface area (Å²) in [5.41, 5.74) is 6.71. The van der Waals surface area contributed by atoms with Crippen molar-refractivity contribution in [1.82, 2.24) is 4.90 Å². The van der Waals surface area contributed by atoms with Crippen LogP contribution in [0.15, 0.2) is 29.6 Å². The second-order valence-electron chi connectivity index (χ2n) is 4.78. The molecule has 5 heteroatoms. The Balaban J connectivity index is 0.00000133. The molecule has 2 N–H and O–H groups in total. The van der Waals surface area contributed by atoms with Crippen LogP contribution in [-0.4, -0.2) is 29.9 Å². The van der Waals surface area contributed by atoms with Gasteiger partial charge in [0.05, 0.1) is 5.56 Å². The Hall–Kier alpha value is -1.10. The highest BCUT2D eigenvalue weighted by atomic mass is 35.5. The van der Waals surface area contributed by atoms with Gasteiger partial charge in [0, 0.05) is 34.6 Å². The predicted octanol–water partition coefficient (Wildman–Crippen LogP) is 2.89. The third kappa shape index (κ3) is 2.76. The smallest absolute Gasteiger partial charge is 0.255 e. The van der Waals surface area contributed by atoms with E-state index in [-0.39, 0.29) is 24.4 Å². The van der Waals surface area contributed by atoms with Crippen molar-refractivity contribution < 1.29 is 4.79 Å². The van der Waals surface area contributed by atoms with Crippen molar-refractivity contribution in [2.45, 2.75) is 18.9 Å². The van der Waals surface area contributed by atoms with Crippen molar-refractivity contribution in [3.63, 3.8) is 0 Å². The quantitative estimate of drug-likeness (QED) is 0.879. The first-order chi connectivity index (χ1) is 8.75. The van der Waals surface area contributed by atoms with E-state index in [0.717, 1.165) is 36.9 Å². The molecule has 3 rings (SSSR count). The molecule has 1 amide bonds. The highest BCUT2D eigenvalue weighted by molar-refractivity contribution is 7.17. The maximum atomic E-state index is 12.5. The SMILES string of the molecule is Cl.NC1CCN(C(=O)c2csc3ccccc23)CC1. The van der Waals surface area contributed by atoms with Crippen LogP contribution in [0.1, 0.15) is 23.2 Å². The zero-order chi connectivity index (χ0) is 12.5. The molecule has 102 valence electrons. The summed E-state index contributed by atoms with van der Waals surface area (Å²) in [4.78, 5) is 14.4. The van der Waals surface area contributed by atoms with Gasteiger partial charge in [0.25, 0.3) is 5.91 Å². The fourth-order valence-electron chi connectivity index (χ4n) is 2.42. The lowest BCUT2D eigenvalue weighted by Crippen LogP contribution is -2.42. The Labute approximate surface area is 122 Å². The Kier molecular flexibility index (Phi) is 4.45. The number of halogens is 1. The summed E-state index contributed by atoms with van der Waals surface area (Å²) in [6.07, 6.45) is 1.82. The van der Waals surface area contributed by atoms with E-state index in [4.69, 9.17) is 5.73 Å². The van der Waals surface area contributed by atoms with Gasteiger partial charge in [0.1, 0.15) is 0 Å². The van der Waals surface area contributed by atoms with Gasteiger partial charge in [-0.3, -0.25) is 4.79 Å². The van der Waals surface area contributed by atoms with Crippen molar-refractivity contribution in [3.8, 4) is 0 Å². The molecule has 3 nitrogen and oxygen atoms in total. The van der Waals surface area contributed by atoms with Crippen LogP contribution in [0.3, 0.4) is 0 Å². The first-order valence-corrected chi connectivity index (χ1v) is 7.15. The average Bonchev–Trinajstić information content (AvgIpc) is 2.82. The number of hydrogen-bond donors (Lipinski definition) is 1. The van der Waals surface area contributed by atoms with Crippen molar-refractivity contribution in [2.75, 3.05) is 13.1 Å². The van der Waals surface area contributed by atoms with Gasteiger partial charge >= 0.3 is 0 Å². The van der Waals surface area contributed by atoms with Crippen LogP contribution in [0.4, 0.5) is 0 Å². The molecule has 0 radical (unpaired) electrons. The van der Waals surface area contributed by atoms with Gasteiger partial charge < -0.3 is 10.6 Å². The molecular formula is C14H17ClN2OS. The van der Waals surface area contributed by atoms with E-state index in [1.54, 1.807) is 11.3 Å². The van der Waals surface area contributed by atoms with Crippen LogP contribution < -0.4 is 5.73 Å². The molecule has 0 spiro atoms. The maximum absolute atomic E-state index is 12.5. The Morgan fingerprint density at radius 2 is 1.95 bits per heavy atom. The number of nitrogens with zero attached hydrogens (tertiary/aromatic N) is 1. The van der Waals surface area contributed by atoms with E-state index >= 15 is 0 Å². The normalized spacial score (nSPS) is 16.4. The van der Waals surface area contributed by atoms with Crippen LogP contribution in [0, 0.1) is 0 Å². The summed E-state index contributed by atoms with van der Waals surface area (Å²) in [7, 11) is 0. The lowest BCUT2D eigenvalue weighted by molar-refractivity contribution is 0.0717. The average molecular weight is 297 g/mol. The predicted molar refractivity (Wildman–Crippen MR) is 82.2 cm³/mol. The molecule has 19 heavy (non-hydrogen) atoms. The minimum absolute atomic E-state index is 0. The molecule has 1 aromatic heterocycles. The highest BCUT2D eigenvalue weighted by Crippen LogP contribution is 2.27. The largest absolute Gasteiger partial charge is 0.338 e. The number of nitrogens with two attached hydrogens (primary N) is 1. The first kappa shape index (κ1) is 14.3. The standard InChI is InChI=1S/C14H16N2OS.ClH/c15-10-5-7-16(8-6-10)14(17)12-9-18-13-4-2-1-3-11(12)13;/h1-4,9-10H,5-8,15H2;1H. The number of benzene rings is 1. The second-order valence-corrected chi connectivity index (χ2v) is 5.69. The van der Waals surface area contributed by atoms with E-state index in [0.29, 0.717) is 0 Å². The van der Waals surface area contributed by atoms with E-state index in [1.807, 2.05) is 28.5 Å². The number of amides is 1. The molecule has 0 unspecified atom stereocenters. The fourth-order valence-corrected chi connectivity index (χ4v) is 3.35. The van der Waals surface area contributed by atoms with Crippen LogP contribution in [0.2, 0.25) is 0 Å². The zero-order valence-electron chi connectivity index (χ0n) is 10.5. The Bertz CT molecular complexity index is 576. The summed E-state index contributed by atoms with van der Waals surface area (Å²) < 4.78 is 1.18. The van der Waals surface area contributed by atoms with Crippen LogP contribution >= 0.6 is 23.7 Å². The second kappa shape index (κ2) is 5.90. The number of piperidine rings is 1. The maximum Gasteiger partial charge on any atom is 0.255 e. The van der Waals surface area contributed by atoms with E-state index in [1.165, 1.54) is 4.70 Å². The van der Waals surface area contributed by atoms with Gasteiger partial charge in [0.15, 0.2) is 0 Å². The third-order valence-corrected chi connectivity index (χ3v) is 4.50. The molecule has 2 aromatic rings. The molecule has 0 bridgehead atoms. The Morgan fingerprint density at radius 3 is 2.68 bits per heavy atom. The summed E-state index contributed by atoms with van der Waals surface area (Å²) >= 11 is 1.63. The van der Waals surface area contributed by atoms with Crippen LogP contribution in [0.5, 0.6) is 0 Å². The van der Waals surface area contributed by atoms with E-state index in [2.05, 4.69) is 6.07 Å². The molecule has 1 fully saturated rings. The summed E-state index contributed by atoms with van der Waals surface area (Å²) in [5.74, 6) is 0.152. The zero-order valence-corrected chi connectivity index (χ0v) is 12.2. The van der Waals surface area contributed by atoms with Gasteiger partial charge in [0.2, 0.25) is 0 Å². The molecule has 1 aliphatic heterocycles. The van der Waals surface area contributed by atoms with Crippen molar-refractivity contribution in [2.24, 2.45) is 5.73 Å². The number of likely N-dealkylation sites (tertiary alicyclic amines) is 1. The van der Waals surface area contributed by atoms with Crippen molar-refractivity contribution in [3.05, 3.63) is 35.2 Å². The number of carbonyl (C=O) groups is 1. The van der Waals surface area contributed by atoms with E-state index in [9.17, 15) is 4.79 Å². The topological polar surface area (TPSA) is 46.3 Å². The van der Waals surface area contributed by atoms with Crippen molar-refractivity contribution >= 4 is 39.7 Å². The highest BCUT2D eigenvalue weighted by Gasteiger charge is 2.23. The number of thiophene rings is 1. The minimum Gasteiger partial charge on any atom is -0.338 e. The molecule has 1 saturated heterocycles. The van der Waals surface area contributed by atoms with Gasteiger partial charge in [-0.1, -0.05) is 18.2 Å². The molecule has 1 aliphatic rings. The third-order valence-electron chi connectivity index (χ3n) is 3.54. The molecule has 0 aliphatic carbocycles. The summed E-state index contributed by atoms with van der Waals surface area (Å²) in [6.45, 7) is 1.56. The lowest BCUT2D eigenvalue weighted by Gasteiger charge is -2.30. The van der Waals surface area contributed by atoms with Crippen LogP contribution in [-0.2, 0) is 0 Å². The fraction of sp³-hybridized carbons (Fsp3) is 0.357. The number of carbonyl (C=O) groups excluding carboxylic acids is 1. The molecule has 1 aromatic carbocycles. The first-order valence-electron chi connectivity index (χ1n) is 6.27. The molecular weight excluding hydrogens is 280 g/mol. The van der Waals surface area contributed by atoms with Crippen molar-refractivity contribution in [1.29, 1.82) is 0 Å². The summed E-state index contributed by atoms with van der Waals surface area (Å²) in [6, 6.07) is 8.33. The summed E-state index contributed by atoms with van der Waals surface area (Å²) in [5, 5.41) is 3.05. The molecule has 0 saturated carbocycles. The van der Waals surface area contributed by atoms with Gasteiger partial charge in [-0.15, -0.1) is 23.7 Å². The lowest BCUT2D eigenvalue weighted by atomic mass is 10.0.